The number of aromatic nitrogens is 2. The monoisotopic (exact) mass is 323 g/mol. The number of anilines is 1. The van der Waals surface area contributed by atoms with Gasteiger partial charge < -0.3 is 14.8 Å². The largest absolute Gasteiger partial charge is 0.497 e. The molecule has 2 aromatic rings. The summed E-state index contributed by atoms with van der Waals surface area (Å²) < 4.78 is 11.5. The highest BCUT2D eigenvalue weighted by Crippen LogP contribution is 2.23. The molecule has 0 atom stereocenters. The molecule has 0 aliphatic heterocycles. The molecule has 19 heavy (non-hydrogen) atoms. The maximum Gasteiger partial charge on any atom is 0.233 e. The Hall–Kier alpha value is -1.82. The lowest BCUT2D eigenvalue weighted by molar-refractivity contribution is 0.291. The van der Waals surface area contributed by atoms with Gasteiger partial charge in [-0.25, -0.2) is 4.98 Å². The van der Waals surface area contributed by atoms with Gasteiger partial charge in [0.15, 0.2) is 0 Å². The zero-order valence-electron chi connectivity index (χ0n) is 10.7. The van der Waals surface area contributed by atoms with Crippen LogP contribution in [0.5, 0.6) is 11.6 Å². The normalized spacial score (nSPS) is 10.1. The van der Waals surface area contributed by atoms with Gasteiger partial charge in [-0.3, -0.25) is 0 Å². The van der Waals surface area contributed by atoms with E-state index < -0.39 is 0 Å². The van der Waals surface area contributed by atoms with E-state index in [1.807, 2.05) is 24.3 Å². The predicted molar refractivity (Wildman–Crippen MR) is 76.6 cm³/mol. The molecule has 0 saturated heterocycles. The van der Waals surface area contributed by atoms with Gasteiger partial charge in [0, 0.05) is 7.05 Å². The number of ether oxygens (including phenoxy) is 2. The summed E-state index contributed by atoms with van der Waals surface area (Å²) in [7, 11) is 3.40. The molecule has 2 rings (SSSR count). The third kappa shape index (κ3) is 3.57. The number of benzene rings is 1. The van der Waals surface area contributed by atoms with Crippen LogP contribution in [0.1, 0.15) is 5.56 Å². The summed E-state index contributed by atoms with van der Waals surface area (Å²) in [6, 6.07) is 7.69. The topological polar surface area (TPSA) is 56.3 Å². The van der Waals surface area contributed by atoms with Gasteiger partial charge in [-0.05, 0) is 33.6 Å². The Morgan fingerprint density at radius 2 is 2.00 bits per heavy atom. The second-order valence-electron chi connectivity index (χ2n) is 3.73. The van der Waals surface area contributed by atoms with Gasteiger partial charge in [0.1, 0.15) is 12.4 Å². The van der Waals surface area contributed by atoms with Crippen LogP contribution in [0, 0.1) is 0 Å². The zero-order valence-corrected chi connectivity index (χ0v) is 12.3. The summed E-state index contributed by atoms with van der Waals surface area (Å²) >= 11 is 3.36. The molecule has 1 heterocycles. The smallest absolute Gasteiger partial charge is 0.233 e. The fourth-order valence-electron chi connectivity index (χ4n) is 1.45. The maximum atomic E-state index is 5.66. The third-order valence-electron chi connectivity index (χ3n) is 2.47. The Kier molecular flexibility index (Phi) is 4.57. The fourth-order valence-corrected chi connectivity index (χ4v) is 1.75. The quantitative estimate of drug-likeness (QED) is 0.916. The maximum absolute atomic E-state index is 5.66. The van der Waals surface area contributed by atoms with Crippen LogP contribution in [-0.2, 0) is 6.61 Å². The summed E-state index contributed by atoms with van der Waals surface area (Å²) in [4.78, 5) is 8.29. The second kappa shape index (κ2) is 6.38. The van der Waals surface area contributed by atoms with E-state index in [1.54, 1.807) is 20.4 Å². The first kappa shape index (κ1) is 13.6. The van der Waals surface area contributed by atoms with Gasteiger partial charge in [0.2, 0.25) is 11.8 Å². The first-order chi connectivity index (χ1) is 9.22. The van der Waals surface area contributed by atoms with Crippen LogP contribution in [0.2, 0.25) is 0 Å². The fraction of sp³-hybridized carbons (Fsp3) is 0.231. The van der Waals surface area contributed by atoms with Gasteiger partial charge in [0.05, 0.1) is 17.8 Å². The van der Waals surface area contributed by atoms with Crippen LogP contribution >= 0.6 is 15.9 Å². The Balaban J connectivity index is 2.05. The predicted octanol–water partition coefficient (Wildman–Crippen LogP) is 2.87. The molecule has 6 heteroatoms. The van der Waals surface area contributed by atoms with Gasteiger partial charge in [-0.15, -0.1) is 0 Å². The number of methoxy groups -OCH3 is 1. The van der Waals surface area contributed by atoms with E-state index in [4.69, 9.17) is 9.47 Å². The van der Waals surface area contributed by atoms with Crippen molar-refractivity contribution in [2.24, 2.45) is 0 Å². The lowest BCUT2D eigenvalue weighted by Crippen LogP contribution is -2.02. The molecule has 5 nitrogen and oxygen atoms in total. The second-order valence-corrected chi connectivity index (χ2v) is 4.59. The average molecular weight is 324 g/mol. The Bertz CT molecular complexity index is 546. The van der Waals surface area contributed by atoms with Gasteiger partial charge >= 0.3 is 0 Å². The van der Waals surface area contributed by atoms with E-state index in [9.17, 15) is 0 Å². The summed E-state index contributed by atoms with van der Waals surface area (Å²) in [6.45, 7) is 0.433. The SMILES string of the molecule is CNc1ncc(Br)c(OCc2ccc(OC)cc2)n1. The van der Waals surface area contributed by atoms with E-state index in [0.29, 0.717) is 18.4 Å². The molecule has 1 aromatic carbocycles. The summed E-state index contributed by atoms with van der Waals surface area (Å²) in [5.41, 5.74) is 1.04. The van der Waals surface area contributed by atoms with E-state index in [0.717, 1.165) is 15.8 Å². The van der Waals surface area contributed by atoms with Crippen LogP contribution in [0.15, 0.2) is 34.9 Å². The molecular formula is C13H14BrN3O2. The number of nitrogens with one attached hydrogen (secondary N) is 1. The van der Waals surface area contributed by atoms with Gasteiger partial charge in [-0.2, -0.15) is 4.98 Å². The minimum Gasteiger partial charge on any atom is -0.497 e. The van der Waals surface area contributed by atoms with Crippen LogP contribution in [-0.4, -0.2) is 24.1 Å². The van der Waals surface area contributed by atoms with E-state index >= 15 is 0 Å². The van der Waals surface area contributed by atoms with E-state index in [-0.39, 0.29) is 0 Å². The van der Waals surface area contributed by atoms with Crippen LogP contribution < -0.4 is 14.8 Å². The molecule has 1 aromatic heterocycles. The van der Waals surface area contributed by atoms with Crippen molar-refractivity contribution < 1.29 is 9.47 Å². The molecule has 0 bridgehead atoms. The Morgan fingerprint density at radius 1 is 1.26 bits per heavy atom. The van der Waals surface area contributed by atoms with Gasteiger partial charge in [-0.1, -0.05) is 12.1 Å². The minimum atomic E-state index is 0.433. The molecule has 0 fully saturated rings. The first-order valence-electron chi connectivity index (χ1n) is 5.69. The highest BCUT2D eigenvalue weighted by atomic mass is 79.9. The standard InChI is InChI=1S/C13H14BrN3O2/c1-15-13-16-7-11(14)12(17-13)19-8-9-3-5-10(18-2)6-4-9/h3-7H,8H2,1-2H3,(H,15,16,17). The van der Waals surface area contributed by atoms with Gasteiger partial charge in [0.25, 0.3) is 0 Å². The van der Waals surface area contributed by atoms with Crippen LogP contribution in [0.3, 0.4) is 0 Å². The van der Waals surface area contributed by atoms with Crippen molar-refractivity contribution in [1.82, 2.24) is 9.97 Å². The Labute approximate surface area is 120 Å². The lowest BCUT2D eigenvalue weighted by atomic mass is 10.2. The number of nitrogens with zero attached hydrogens (tertiary/aromatic N) is 2. The highest BCUT2D eigenvalue weighted by molar-refractivity contribution is 9.10. The zero-order chi connectivity index (χ0) is 13.7. The molecule has 0 amide bonds. The molecular weight excluding hydrogens is 310 g/mol. The molecule has 0 radical (unpaired) electrons. The van der Waals surface area contributed by atoms with Crippen molar-refractivity contribution in [3.63, 3.8) is 0 Å². The number of halogens is 1. The van der Waals surface area contributed by atoms with Crippen molar-refractivity contribution in [3.05, 3.63) is 40.5 Å². The molecule has 0 aliphatic rings. The van der Waals surface area contributed by atoms with Crippen LogP contribution in [0.4, 0.5) is 5.95 Å². The molecule has 1 N–H and O–H groups in total. The van der Waals surface area contributed by atoms with Crippen LogP contribution in [0.25, 0.3) is 0 Å². The number of hydrogen-bond acceptors (Lipinski definition) is 5. The lowest BCUT2D eigenvalue weighted by Gasteiger charge is -2.08. The highest BCUT2D eigenvalue weighted by Gasteiger charge is 2.06. The van der Waals surface area contributed by atoms with Crippen molar-refractivity contribution in [2.75, 3.05) is 19.5 Å². The average Bonchev–Trinajstić information content (AvgIpc) is 2.47. The molecule has 0 saturated carbocycles. The van der Waals surface area contributed by atoms with Crippen molar-refractivity contribution >= 4 is 21.9 Å². The van der Waals surface area contributed by atoms with Crippen molar-refractivity contribution in [2.45, 2.75) is 6.61 Å². The number of rotatable bonds is 5. The van der Waals surface area contributed by atoms with E-state index in [1.165, 1.54) is 0 Å². The van der Waals surface area contributed by atoms with Crippen molar-refractivity contribution in [1.29, 1.82) is 0 Å². The first-order valence-corrected chi connectivity index (χ1v) is 6.48. The summed E-state index contributed by atoms with van der Waals surface area (Å²) in [6.07, 6.45) is 1.65. The minimum absolute atomic E-state index is 0.433. The van der Waals surface area contributed by atoms with Crippen molar-refractivity contribution in [3.8, 4) is 11.6 Å². The molecule has 100 valence electrons. The summed E-state index contributed by atoms with van der Waals surface area (Å²) in [5, 5.41) is 2.87. The Morgan fingerprint density at radius 3 is 2.63 bits per heavy atom. The van der Waals surface area contributed by atoms with E-state index in [2.05, 4.69) is 31.2 Å². The number of hydrogen-bond donors (Lipinski definition) is 1. The molecule has 0 spiro atoms. The molecule has 0 unspecified atom stereocenters. The molecule has 0 aliphatic carbocycles. The third-order valence-corrected chi connectivity index (χ3v) is 3.01. The summed E-state index contributed by atoms with van der Waals surface area (Å²) in [5.74, 6) is 1.85.